The largest absolute Gasteiger partial charge is 0.490 e. The normalized spacial score (nSPS) is 11.0. The van der Waals surface area contributed by atoms with Gasteiger partial charge in [-0.25, -0.2) is 0 Å². The Balaban J connectivity index is 1.82. The number of aryl methyl sites for hydroxylation is 2. The van der Waals surface area contributed by atoms with Crippen LogP contribution in [0.15, 0.2) is 52.4 Å². The van der Waals surface area contributed by atoms with E-state index in [4.69, 9.17) is 21.7 Å². The van der Waals surface area contributed by atoms with Crippen LogP contribution in [0.1, 0.15) is 29.3 Å². The first kappa shape index (κ1) is 20.5. The van der Waals surface area contributed by atoms with Crippen LogP contribution in [0.25, 0.3) is 0 Å². The Morgan fingerprint density at radius 3 is 2.62 bits per heavy atom. The molecule has 0 amide bonds. The number of nitrogens with zero attached hydrogens (tertiary/aromatic N) is 3. The van der Waals surface area contributed by atoms with E-state index >= 15 is 0 Å². The molecule has 0 saturated heterocycles. The lowest BCUT2D eigenvalue weighted by atomic mass is 10.2. The maximum Gasteiger partial charge on any atom is 0.296 e. The van der Waals surface area contributed by atoms with Crippen LogP contribution in [0.5, 0.6) is 11.5 Å². The third-order valence-electron chi connectivity index (χ3n) is 4.12. The monoisotopic (exact) mass is 410 g/mol. The number of ether oxygens (including phenoxy) is 2. The predicted octanol–water partition coefficient (Wildman–Crippen LogP) is 3.78. The van der Waals surface area contributed by atoms with E-state index in [1.54, 1.807) is 6.92 Å². The molecule has 0 aliphatic rings. The lowest BCUT2D eigenvalue weighted by molar-refractivity contribution is 0.269. The molecule has 0 radical (unpaired) electrons. The quantitative estimate of drug-likeness (QED) is 0.474. The van der Waals surface area contributed by atoms with Crippen LogP contribution in [0.2, 0.25) is 0 Å². The van der Waals surface area contributed by atoms with Crippen molar-refractivity contribution in [3.63, 3.8) is 0 Å². The molecule has 3 aromatic rings. The van der Waals surface area contributed by atoms with Crippen LogP contribution < -0.4 is 15.0 Å². The van der Waals surface area contributed by atoms with E-state index < -0.39 is 0 Å². The number of benzene rings is 2. The summed E-state index contributed by atoms with van der Waals surface area (Å²) >= 11 is 5.08. The Kier molecular flexibility index (Phi) is 6.56. The van der Waals surface area contributed by atoms with Gasteiger partial charge in [0.15, 0.2) is 11.5 Å². The fourth-order valence-corrected chi connectivity index (χ4v) is 2.72. The predicted molar refractivity (Wildman–Crippen MR) is 115 cm³/mol. The molecule has 0 bridgehead atoms. The number of aromatic amines is 1. The van der Waals surface area contributed by atoms with E-state index in [0.717, 1.165) is 15.8 Å². The fraction of sp³-hybridized carbons (Fsp3) is 0.238. The Bertz CT molecular complexity index is 1130. The summed E-state index contributed by atoms with van der Waals surface area (Å²) in [6.45, 7) is 6.48. The summed E-state index contributed by atoms with van der Waals surface area (Å²) in [6, 6.07) is 13.6. The molecule has 1 N–H and O–H groups in total. The average Bonchev–Trinajstić information content (AvgIpc) is 2.71. The van der Waals surface area contributed by atoms with E-state index in [2.05, 4.69) is 27.4 Å². The van der Waals surface area contributed by atoms with E-state index in [1.165, 1.54) is 11.8 Å². The molecule has 1 heterocycles. The Morgan fingerprint density at radius 2 is 1.90 bits per heavy atom. The Labute approximate surface area is 173 Å². The Morgan fingerprint density at radius 1 is 1.14 bits per heavy atom. The highest BCUT2D eigenvalue weighted by atomic mass is 32.1. The molecule has 2 aromatic carbocycles. The summed E-state index contributed by atoms with van der Waals surface area (Å²) in [7, 11) is 0. The number of rotatable bonds is 7. The number of hydrogen-bond acceptors (Lipinski definition) is 6. The van der Waals surface area contributed by atoms with Gasteiger partial charge in [-0.1, -0.05) is 29.8 Å². The van der Waals surface area contributed by atoms with Crippen molar-refractivity contribution in [2.45, 2.75) is 27.4 Å². The van der Waals surface area contributed by atoms with Gasteiger partial charge in [0.05, 0.1) is 12.8 Å². The fourth-order valence-electron chi connectivity index (χ4n) is 2.54. The maximum absolute atomic E-state index is 12.1. The van der Waals surface area contributed by atoms with E-state index in [0.29, 0.717) is 24.7 Å². The van der Waals surface area contributed by atoms with Crippen molar-refractivity contribution in [2.75, 3.05) is 6.61 Å². The van der Waals surface area contributed by atoms with Gasteiger partial charge in [0, 0.05) is 0 Å². The molecule has 3 rings (SSSR count). The first-order valence-corrected chi connectivity index (χ1v) is 9.56. The topological polar surface area (TPSA) is 81.5 Å². The van der Waals surface area contributed by atoms with Gasteiger partial charge in [0.2, 0.25) is 4.77 Å². The summed E-state index contributed by atoms with van der Waals surface area (Å²) in [5.74, 6) is 1.24. The minimum Gasteiger partial charge on any atom is -0.490 e. The highest BCUT2D eigenvalue weighted by Crippen LogP contribution is 2.29. The molecule has 0 aliphatic carbocycles. The molecule has 150 valence electrons. The molecule has 0 spiro atoms. The van der Waals surface area contributed by atoms with Gasteiger partial charge in [-0.3, -0.25) is 9.89 Å². The van der Waals surface area contributed by atoms with Crippen molar-refractivity contribution in [3.05, 3.63) is 80.0 Å². The zero-order valence-corrected chi connectivity index (χ0v) is 17.3. The highest BCUT2D eigenvalue weighted by molar-refractivity contribution is 7.71. The van der Waals surface area contributed by atoms with Crippen LogP contribution in [0.3, 0.4) is 0 Å². The van der Waals surface area contributed by atoms with Gasteiger partial charge in [-0.15, -0.1) is 0 Å². The minimum absolute atomic E-state index is 0.125. The Hall–Kier alpha value is -3.26. The number of H-pyrrole nitrogens is 1. The minimum atomic E-state index is -0.368. The van der Waals surface area contributed by atoms with Crippen molar-refractivity contribution in [2.24, 2.45) is 5.10 Å². The molecular weight excluding hydrogens is 388 g/mol. The van der Waals surface area contributed by atoms with Crippen molar-refractivity contribution in [1.29, 1.82) is 0 Å². The molecule has 0 aliphatic heterocycles. The van der Waals surface area contributed by atoms with Crippen molar-refractivity contribution < 1.29 is 9.47 Å². The molecule has 0 unspecified atom stereocenters. The van der Waals surface area contributed by atoms with Crippen LogP contribution >= 0.6 is 12.2 Å². The van der Waals surface area contributed by atoms with Gasteiger partial charge >= 0.3 is 0 Å². The third-order valence-corrected chi connectivity index (χ3v) is 4.38. The second-order valence-electron chi connectivity index (χ2n) is 6.39. The molecular formula is C21H22N4O3S. The summed E-state index contributed by atoms with van der Waals surface area (Å²) in [6.07, 6.45) is 1.54. The number of nitrogens with one attached hydrogen (secondary N) is 1. The van der Waals surface area contributed by atoms with Gasteiger partial charge in [0.25, 0.3) is 5.56 Å². The zero-order chi connectivity index (χ0) is 20.8. The first-order valence-electron chi connectivity index (χ1n) is 9.16. The van der Waals surface area contributed by atoms with Crippen LogP contribution in [0, 0.1) is 18.6 Å². The molecule has 1 aromatic heterocycles. The van der Waals surface area contributed by atoms with Crippen LogP contribution in [-0.2, 0) is 6.61 Å². The van der Waals surface area contributed by atoms with E-state index in [9.17, 15) is 4.79 Å². The van der Waals surface area contributed by atoms with Crippen LogP contribution in [-0.4, -0.2) is 27.7 Å². The molecule has 0 saturated carbocycles. The highest BCUT2D eigenvalue weighted by Gasteiger charge is 2.07. The number of hydrogen-bond donors (Lipinski definition) is 1. The number of aromatic nitrogens is 3. The second kappa shape index (κ2) is 9.29. The van der Waals surface area contributed by atoms with Crippen LogP contribution in [0.4, 0.5) is 0 Å². The lowest BCUT2D eigenvalue weighted by Crippen LogP contribution is -2.22. The SMILES string of the molecule is CCOc1cc(/C=N/n2c(=S)[nH]nc(C)c2=O)ccc1OCc1ccc(C)cc1. The summed E-state index contributed by atoms with van der Waals surface area (Å²) in [4.78, 5) is 12.1. The molecule has 29 heavy (non-hydrogen) atoms. The zero-order valence-electron chi connectivity index (χ0n) is 16.5. The lowest BCUT2D eigenvalue weighted by Gasteiger charge is -2.13. The molecule has 8 heteroatoms. The third kappa shape index (κ3) is 5.17. The maximum atomic E-state index is 12.1. The smallest absolute Gasteiger partial charge is 0.296 e. The van der Waals surface area contributed by atoms with E-state index in [1.807, 2.05) is 44.2 Å². The van der Waals surface area contributed by atoms with Crippen molar-refractivity contribution in [1.82, 2.24) is 14.9 Å². The average molecular weight is 410 g/mol. The first-order chi connectivity index (χ1) is 14.0. The molecule has 7 nitrogen and oxygen atoms in total. The van der Waals surface area contributed by atoms with Crippen molar-refractivity contribution >= 4 is 18.4 Å². The standard InChI is InChI=1S/C21H22N4O3S/c1-4-27-19-11-17(12-22-25-20(26)15(3)23-24-21(25)29)9-10-18(19)28-13-16-7-5-14(2)6-8-16/h5-12H,4,13H2,1-3H3,(H,24,29)/b22-12+. The summed E-state index contributed by atoms with van der Waals surface area (Å²) in [5.41, 5.74) is 2.94. The van der Waals surface area contributed by atoms with Gasteiger partial charge in [-0.2, -0.15) is 14.9 Å². The van der Waals surface area contributed by atoms with Gasteiger partial charge in [-0.05, 0) is 62.3 Å². The van der Waals surface area contributed by atoms with Crippen molar-refractivity contribution in [3.8, 4) is 11.5 Å². The summed E-state index contributed by atoms with van der Waals surface area (Å²) < 4.78 is 12.9. The second-order valence-corrected chi connectivity index (χ2v) is 6.78. The van der Waals surface area contributed by atoms with E-state index in [-0.39, 0.29) is 16.0 Å². The summed E-state index contributed by atoms with van der Waals surface area (Å²) in [5, 5.41) is 10.6. The molecule has 0 fully saturated rings. The molecule has 0 atom stereocenters. The van der Waals surface area contributed by atoms with Gasteiger partial charge < -0.3 is 9.47 Å². The van der Waals surface area contributed by atoms with Gasteiger partial charge in [0.1, 0.15) is 12.3 Å².